The van der Waals surface area contributed by atoms with Crippen molar-refractivity contribution in [1.82, 2.24) is 20.4 Å². The van der Waals surface area contributed by atoms with E-state index in [0.29, 0.717) is 12.8 Å². The number of hydrogen-bond donors (Lipinski definition) is 2. The standard InChI is InChI=1S/C14H30N4O2/c1-5-17(9-7-13(19)15-3)11-12-18(6-2)10-8-14(20)16-4/h5-12H2,1-4H3,(H,15,19)(H,16,20). The highest BCUT2D eigenvalue weighted by atomic mass is 16.2. The molecule has 0 aromatic heterocycles. The van der Waals surface area contributed by atoms with Crippen molar-refractivity contribution in [2.24, 2.45) is 0 Å². The molecule has 0 saturated carbocycles. The summed E-state index contributed by atoms with van der Waals surface area (Å²) >= 11 is 0. The summed E-state index contributed by atoms with van der Waals surface area (Å²) in [5.74, 6) is 0.158. The smallest absolute Gasteiger partial charge is 0.221 e. The number of nitrogens with one attached hydrogen (secondary N) is 2. The average molecular weight is 286 g/mol. The minimum atomic E-state index is 0.0791. The van der Waals surface area contributed by atoms with E-state index >= 15 is 0 Å². The van der Waals surface area contributed by atoms with E-state index in [1.807, 2.05) is 0 Å². The van der Waals surface area contributed by atoms with E-state index in [9.17, 15) is 9.59 Å². The zero-order valence-corrected chi connectivity index (χ0v) is 13.4. The molecular formula is C14H30N4O2. The molecule has 0 saturated heterocycles. The maximum Gasteiger partial charge on any atom is 0.221 e. The van der Waals surface area contributed by atoms with Gasteiger partial charge in [0.2, 0.25) is 11.8 Å². The van der Waals surface area contributed by atoms with Crippen molar-refractivity contribution in [2.75, 3.05) is 53.4 Å². The summed E-state index contributed by atoms with van der Waals surface area (Å²) in [6, 6.07) is 0. The van der Waals surface area contributed by atoms with Crippen LogP contribution in [0.1, 0.15) is 26.7 Å². The first-order valence-electron chi connectivity index (χ1n) is 7.43. The van der Waals surface area contributed by atoms with Crippen LogP contribution in [0.25, 0.3) is 0 Å². The summed E-state index contributed by atoms with van der Waals surface area (Å²) in [6.07, 6.45) is 1.07. The second-order valence-electron chi connectivity index (χ2n) is 4.71. The monoisotopic (exact) mass is 286 g/mol. The molecular weight excluding hydrogens is 256 g/mol. The van der Waals surface area contributed by atoms with E-state index in [1.165, 1.54) is 0 Å². The number of carbonyl (C=O) groups is 2. The minimum absolute atomic E-state index is 0.0791. The fraction of sp³-hybridized carbons (Fsp3) is 0.857. The summed E-state index contributed by atoms with van der Waals surface area (Å²) in [7, 11) is 3.33. The van der Waals surface area contributed by atoms with Crippen LogP contribution in [0.2, 0.25) is 0 Å². The van der Waals surface area contributed by atoms with Crippen LogP contribution in [-0.2, 0) is 9.59 Å². The Morgan fingerprint density at radius 1 is 0.750 bits per heavy atom. The van der Waals surface area contributed by atoms with E-state index in [1.54, 1.807) is 14.1 Å². The van der Waals surface area contributed by atoms with Crippen LogP contribution >= 0.6 is 0 Å². The number of likely N-dealkylation sites (N-methyl/N-ethyl adjacent to an activating group) is 2. The zero-order valence-electron chi connectivity index (χ0n) is 13.4. The van der Waals surface area contributed by atoms with Gasteiger partial charge in [-0.15, -0.1) is 0 Å². The molecule has 118 valence electrons. The Morgan fingerprint density at radius 3 is 1.35 bits per heavy atom. The molecule has 0 radical (unpaired) electrons. The lowest BCUT2D eigenvalue weighted by Gasteiger charge is -2.25. The van der Waals surface area contributed by atoms with E-state index in [2.05, 4.69) is 34.3 Å². The third kappa shape index (κ3) is 8.87. The van der Waals surface area contributed by atoms with Crippen LogP contribution in [0, 0.1) is 0 Å². The quantitative estimate of drug-likeness (QED) is 0.557. The first-order chi connectivity index (χ1) is 9.57. The van der Waals surface area contributed by atoms with E-state index < -0.39 is 0 Å². The van der Waals surface area contributed by atoms with Gasteiger partial charge in [-0.25, -0.2) is 0 Å². The normalized spacial score (nSPS) is 10.9. The lowest BCUT2D eigenvalue weighted by Crippen LogP contribution is -2.38. The molecule has 0 spiro atoms. The molecule has 2 amide bonds. The fourth-order valence-corrected chi connectivity index (χ4v) is 1.91. The van der Waals surface area contributed by atoms with E-state index in [0.717, 1.165) is 39.3 Å². The van der Waals surface area contributed by atoms with Crippen molar-refractivity contribution >= 4 is 11.8 Å². The number of nitrogens with zero attached hydrogens (tertiary/aromatic N) is 2. The van der Waals surface area contributed by atoms with Crippen molar-refractivity contribution in [3.8, 4) is 0 Å². The second-order valence-corrected chi connectivity index (χ2v) is 4.71. The lowest BCUT2D eigenvalue weighted by molar-refractivity contribution is -0.121. The van der Waals surface area contributed by atoms with Gasteiger partial charge >= 0.3 is 0 Å². The van der Waals surface area contributed by atoms with Crippen molar-refractivity contribution in [3.63, 3.8) is 0 Å². The van der Waals surface area contributed by atoms with Gasteiger partial charge in [-0.1, -0.05) is 13.8 Å². The van der Waals surface area contributed by atoms with E-state index in [-0.39, 0.29) is 11.8 Å². The van der Waals surface area contributed by atoms with Gasteiger partial charge in [0.25, 0.3) is 0 Å². The Kier molecular flexibility index (Phi) is 11.0. The summed E-state index contributed by atoms with van der Waals surface area (Å²) in [4.78, 5) is 27.0. The summed E-state index contributed by atoms with van der Waals surface area (Å²) in [6.45, 7) is 9.49. The van der Waals surface area contributed by atoms with Gasteiger partial charge in [0, 0.05) is 53.1 Å². The molecule has 0 rings (SSSR count). The van der Waals surface area contributed by atoms with Crippen molar-refractivity contribution in [2.45, 2.75) is 26.7 Å². The average Bonchev–Trinajstić information content (AvgIpc) is 2.49. The lowest BCUT2D eigenvalue weighted by atomic mass is 10.3. The molecule has 0 bridgehead atoms. The highest BCUT2D eigenvalue weighted by Gasteiger charge is 2.09. The maximum atomic E-state index is 11.2. The molecule has 6 heteroatoms. The highest BCUT2D eigenvalue weighted by Crippen LogP contribution is 1.96. The molecule has 0 heterocycles. The van der Waals surface area contributed by atoms with Crippen LogP contribution in [0.4, 0.5) is 0 Å². The van der Waals surface area contributed by atoms with Gasteiger partial charge in [0.05, 0.1) is 0 Å². The fourth-order valence-electron chi connectivity index (χ4n) is 1.91. The predicted molar refractivity (Wildman–Crippen MR) is 81.6 cm³/mol. The summed E-state index contributed by atoms with van der Waals surface area (Å²) in [5.41, 5.74) is 0. The second kappa shape index (κ2) is 11.7. The van der Waals surface area contributed by atoms with Crippen LogP contribution in [0.3, 0.4) is 0 Å². The molecule has 0 unspecified atom stereocenters. The van der Waals surface area contributed by atoms with E-state index in [4.69, 9.17) is 0 Å². The maximum absolute atomic E-state index is 11.2. The highest BCUT2D eigenvalue weighted by molar-refractivity contribution is 5.76. The zero-order chi connectivity index (χ0) is 15.4. The topological polar surface area (TPSA) is 64.7 Å². The molecule has 0 aliphatic carbocycles. The van der Waals surface area contributed by atoms with Gasteiger partial charge in [-0.3, -0.25) is 9.59 Å². The Morgan fingerprint density at radius 2 is 1.10 bits per heavy atom. The number of carbonyl (C=O) groups excluding carboxylic acids is 2. The molecule has 0 aliphatic heterocycles. The number of amides is 2. The van der Waals surface area contributed by atoms with Gasteiger partial charge in [0.15, 0.2) is 0 Å². The summed E-state index contributed by atoms with van der Waals surface area (Å²) < 4.78 is 0. The van der Waals surface area contributed by atoms with Crippen molar-refractivity contribution in [1.29, 1.82) is 0 Å². The first-order valence-corrected chi connectivity index (χ1v) is 7.43. The van der Waals surface area contributed by atoms with Crippen LogP contribution in [0.5, 0.6) is 0 Å². The molecule has 0 aliphatic rings. The van der Waals surface area contributed by atoms with Crippen LogP contribution in [-0.4, -0.2) is 75.0 Å². The van der Waals surface area contributed by atoms with Gasteiger partial charge in [-0.2, -0.15) is 0 Å². The van der Waals surface area contributed by atoms with Gasteiger partial charge in [0.1, 0.15) is 0 Å². The Hall–Kier alpha value is -1.14. The molecule has 0 atom stereocenters. The largest absolute Gasteiger partial charge is 0.359 e. The number of rotatable bonds is 11. The van der Waals surface area contributed by atoms with Crippen LogP contribution < -0.4 is 10.6 Å². The molecule has 0 fully saturated rings. The van der Waals surface area contributed by atoms with Crippen molar-refractivity contribution in [3.05, 3.63) is 0 Å². The molecule has 0 aromatic rings. The third-order valence-electron chi connectivity index (χ3n) is 3.49. The SMILES string of the molecule is CCN(CCC(=O)NC)CCN(CC)CCC(=O)NC. The number of hydrogen-bond acceptors (Lipinski definition) is 4. The van der Waals surface area contributed by atoms with Gasteiger partial charge in [-0.05, 0) is 13.1 Å². The molecule has 6 nitrogen and oxygen atoms in total. The van der Waals surface area contributed by atoms with Gasteiger partial charge < -0.3 is 20.4 Å². The van der Waals surface area contributed by atoms with Crippen molar-refractivity contribution < 1.29 is 9.59 Å². The third-order valence-corrected chi connectivity index (χ3v) is 3.49. The molecule has 2 N–H and O–H groups in total. The van der Waals surface area contributed by atoms with Crippen LogP contribution in [0.15, 0.2) is 0 Å². The first kappa shape index (κ1) is 18.9. The molecule has 0 aromatic carbocycles. The molecule has 20 heavy (non-hydrogen) atoms. The summed E-state index contributed by atoms with van der Waals surface area (Å²) in [5, 5.41) is 5.28. The predicted octanol–water partition coefficient (Wildman–Crippen LogP) is -0.0976. The Bertz CT molecular complexity index is 256. The minimum Gasteiger partial charge on any atom is -0.359 e. The Labute approximate surface area is 122 Å². The Balaban J connectivity index is 3.98.